The minimum absolute atomic E-state index is 0.0856. The molecule has 1 aliphatic rings. The SMILES string of the molecule is CCCCCN1Cc2cc(/C(N)=C(\C)Nc3cccnc3F)ccc2C1=O. The van der Waals surface area contributed by atoms with Crippen molar-refractivity contribution in [2.45, 2.75) is 39.7 Å². The summed E-state index contributed by atoms with van der Waals surface area (Å²) in [7, 11) is 0. The molecular formula is C21H25FN4O. The number of nitrogens with one attached hydrogen (secondary N) is 1. The lowest BCUT2D eigenvalue weighted by Gasteiger charge is -2.14. The standard InChI is InChI=1S/C21H25FN4O/c1-3-4-5-11-26-13-16-12-15(8-9-17(16)21(26)27)19(23)14(2)25-18-7-6-10-24-20(18)22/h6-10,12,25H,3-5,11,13,23H2,1-2H3/b19-14-. The highest BCUT2D eigenvalue weighted by Crippen LogP contribution is 2.27. The Morgan fingerprint density at radius 2 is 2.15 bits per heavy atom. The fourth-order valence-corrected chi connectivity index (χ4v) is 3.25. The van der Waals surface area contributed by atoms with E-state index in [0.717, 1.165) is 42.5 Å². The van der Waals surface area contributed by atoms with Crippen LogP contribution in [0.4, 0.5) is 10.1 Å². The molecule has 2 heterocycles. The average Bonchev–Trinajstić information content (AvgIpc) is 2.98. The molecule has 1 amide bonds. The second kappa shape index (κ2) is 8.20. The van der Waals surface area contributed by atoms with Gasteiger partial charge >= 0.3 is 0 Å². The second-order valence-corrected chi connectivity index (χ2v) is 6.81. The smallest absolute Gasteiger partial charge is 0.254 e. The Balaban J connectivity index is 1.78. The number of benzene rings is 1. The summed E-state index contributed by atoms with van der Waals surface area (Å²) in [5.74, 6) is -0.491. The fraction of sp³-hybridized carbons (Fsp3) is 0.333. The molecule has 0 saturated heterocycles. The number of hydrogen-bond acceptors (Lipinski definition) is 4. The first-order chi connectivity index (χ1) is 13.0. The molecule has 0 spiro atoms. The lowest BCUT2D eigenvalue weighted by atomic mass is 10.0. The third kappa shape index (κ3) is 4.10. The van der Waals surface area contributed by atoms with E-state index in [0.29, 0.717) is 17.9 Å². The predicted molar refractivity (Wildman–Crippen MR) is 105 cm³/mol. The van der Waals surface area contributed by atoms with Crippen molar-refractivity contribution >= 4 is 17.3 Å². The van der Waals surface area contributed by atoms with E-state index in [1.165, 1.54) is 6.20 Å². The van der Waals surface area contributed by atoms with Crippen LogP contribution in [0.15, 0.2) is 42.2 Å². The van der Waals surface area contributed by atoms with Crippen molar-refractivity contribution in [2.75, 3.05) is 11.9 Å². The van der Waals surface area contributed by atoms with Gasteiger partial charge in [-0.15, -0.1) is 0 Å². The normalized spacial score (nSPS) is 14.2. The van der Waals surface area contributed by atoms with Crippen molar-refractivity contribution in [3.8, 4) is 0 Å². The van der Waals surface area contributed by atoms with Crippen LogP contribution in [0.3, 0.4) is 0 Å². The minimum Gasteiger partial charge on any atom is -0.397 e. The van der Waals surface area contributed by atoms with E-state index in [1.807, 2.05) is 23.1 Å². The summed E-state index contributed by atoms with van der Waals surface area (Å²) >= 11 is 0. The number of halogens is 1. The predicted octanol–water partition coefficient (Wildman–Crippen LogP) is 4.13. The van der Waals surface area contributed by atoms with E-state index in [4.69, 9.17) is 5.73 Å². The van der Waals surface area contributed by atoms with E-state index in [-0.39, 0.29) is 11.6 Å². The third-order valence-electron chi connectivity index (χ3n) is 4.81. The summed E-state index contributed by atoms with van der Waals surface area (Å²) in [5, 5.41) is 2.97. The zero-order valence-electron chi connectivity index (χ0n) is 15.8. The molecule has 0 fully saturated rings. The number of allylic oxidation sites excluding steroid dienone is 1. The largest absolute Gasteiger partial charge is 0.397 e. The summed E-state index contributed by atoms with van der Waals surface area (Å²) < 4.78 is 13.7. The number of aromatic nitrogens is 1. The van der Waals surface area contributed by atoms with E-state index < -0.39 is 5.95 Å². The van der Waals surface area contributed by atoms with Gasteiger partial charge in [0.2, 0.25) is 5.95 Å². The van der Waals surface area contributed by atoms with Crippen LogP contribution >= 0.6 is 0 Å². The number of anilines is 1. The van der Waals surface area contributed by atoms with Crippen LogP contribution in [-0.2, 0) is 6.54 Å². The van der Waals surface area contributed by atoms with E-state index >= 15 is 0 Å². The summed E-state index contributed by atoms with van der Waals surface area (Å²) in [6.45, 7) is 5.33. The monoisotopic (exact) mass is 368 g/mol. The number of fused-ring (bicyclic) bond motifs is 1. The van der Waals surface area contributed by atoms with Crippen molar-refractivity contribution in [1.82, 2.24) is 9.88 Å². The summed E-state index contributed by atoms with van der Waals surface area (Å²) in [6.07, 6.45) is 4.67. The van der Waals surface area contributed by atoms with Gasteiger partial charge in [-0.2, -0.15) is 4.39 Å². The van der Waals surface area contributed by atoms with Gasteiger partial charge in [-0.05, 0) is 48.7 Å². The van der Waals surface area contributed by atoms with Gasteiger partial charge < -0.3 is 16.0 Å². The van der Waals surface area contributed by atoms with Gasteiger partial charge in [-0.25, -0.2) is 4.98 Å². The Bertz CT molecular complexity index is 878. The van der Waals surface area contributed by atoms with Gasteiger partial charge in [-0.1, -0.05) is 25.8 Å². The lowest BCUT2D eigenvalue weighted by molar-refractivity contribution is 0.0775. The summed E-state index contributed by atoms with van der Waals surface area (Å²) in [5.41, 5.74) is 10.2. The van der Waals surface area contributed by atoms with Gasteiger partial charge in [0.1, 0.15) is 0 Å². The van der Waals surface area contributed by atoms with Crippen LogP contribution < -0.4 is 11.1 Å². The zero-order valence-corrected chi connectivity index (χ0v) is 15.8. The Labute approximate surface area is 159 Å². The minimum atomic E-state index is -0.577. The molecule has 0 bridgehead atoms. The average molecular weight is 368 g/mol. The first-order valence-corrected chi connectivity index (χ1v) is 9.27. The number of nitrogens with two attached hydrogens (primary N) is 1. The molecule has 0 unspecified atom stereocenters. The molecule has 1 aromatic heterocycles. The molecule has 0 aliphatic carbocycles. The maximum absolute atomic E-state index is 13.7. The number of pyridine rings is 1. The fourth-order valence-electron chi connectivity index (χ4n) is 3.25. The topological polar surface area (TPSA) is 71.2 Å². The molecule has 27 heavy (non-hydrogen) atoms. The first-order valence-electron chi connectivity index (χ1n) is 9.27. The molecule has 0 radical (unpaired) electrons. The van der Waals surface area contributed by atoms with E-state index in [1.54, 1.807) is 19.1 Å². The van der Waals surface area contributed by atoms with E-state index in [2.05, 4.69) is 17.2 Å². The molecule has 5 nitrogen and oxygen atoms in total. The van der Waals surface area contributed by atoms with Gasteiger partial charge in [0.25, 0.3) is 5.91 Å². The number of amides is 1. The highest BCUT2D eigenvalue weighted by Gasteiger charge is 2.27. The maximum atomic E-state index is 13.7. The van der Waals surface area contributed by atoms with E-state index in [9.17, 15) is 9.18 Å². The summed E-state index contributed by atoms with van der Waals surface area (Å²) in [4.78, 5) is 18.0. The Morgan fingerprint density at radius 1 is 1.33 bits per heavy atom. The number of unbranched alkanes of at least 4 members (excludes halogenated alkanes) is 2. The molecule has 0 atom stereocenters. The number of nitrogens with zero attached hydrogens (tertiary/aromatic N) is 2. The molecule has 3 rings (SSSR count). The molecule has 6 heteroatoms. The summed E-state index contributed by atoms with van der Waals surface area (Å²) in [6, 6.07) is 8.88. The highest BCUT2D eigenvalue weighted by atomic mass is 19.1. The van der Waals surface area contributed by atoms with Crippen LogP contribution in [0, 0.1) is 5.95 Å². The van der Waals surface area contributed by atoms with Crippen molar-refractivity contribution in [1.29, 1.82) is 0 Å². The molecule has 0 saturated carbocycles. The maximum Gasteiger partial charge on any atom is 0.254 e. The molecule has 1 aliphatic heterocycles. The molecule has 142 valence electrons. The van der Waals surface area contributed by atoms with Gasteiger partial charge in [-0.3, -0.25) is 4.79 Å². The molecule has 3 N–H and O–H groups in total. The van der Waals surface area contributed by atoms with Crippen molar-refractivity contribution in [3.05, 3.63) is 64.9 Å². The Hall–Kier alpha value is -2.89. The molecule has 1 aromatic carbocycles. The zero-order chi connectivity index (χ0) is 19.4. The van der Waals surface area contributed by atoms with Crippen LogP contribution in [-0.4, -0.2) is 22.3 Å². The van der Waals surface area contributed by atoms with Crippen molar-refractivity contribution < 1.29 is 9.18 Å². The Kier molecular flexibility index (Phi) is 5.74. The number of carbonyl (C=O) groups is 1. The van der Waals surface area contributed by atoms with Gasteiger partial charge in [0.05, 0.1) is 11.4 Å². The van der Waals surface area contributed by atoms with Crippen molar-refractivity contribution in [2.24, 2.45) is 5.73 Å². The van der Waals surface area contributed by atoms with Crippen LogP contribution in [0.2, 0.25) is 0 Å². The Morgan fingerprint density at radius 3 is 2.89 bits per heavy atom. The quantitative estimate of drug-likeness (QED) is 0.569. The van der Waals surface area contributed by atoms with Gasteiger partial charge in [0, 0.05) is 30.5 Å². The lowest BCUT2D eigenvalue weighted by Crippen LogP contribution is -2.24. The van der Waals surface area contributed by atoms with Crippen molar-refractivity contribution in [3.63, 3.8) is 0 Å². The number of carbonyl (C=O) groups excluding carboxylic acids is 1. The highest BCUT2D eigenvalue weighted by molar-refractivity contribution is 5.98. The second-order valence-electron chi connectivity index (χ2n) is 6.81. The third-order valence-corrected chi connectivity index (χ3v) is 4.81. The van der Waals surface area contributed by atoms with Crippen LogP contribution in [0.25, 0.3) is 5.70 Å². The molecule has 2 aromatic rings. The van der Waals surface area contributed by atoms with Crippen LogP contribution in [0.5, 0.6) is 0 Å². The first kappa shape index (κ1) is 18.9. The van der Waals surface area contributed by atoms with Gasteiger partial charge in [0.15, 0.2) is 0 Å². The molecular weight excluding hydrogens is 343 g/mol. The number of rotatable bonds is 7. The van der Waals surface area contributed by atoms with Crippen LogP contribution in [0.1, 0.15) is 54.6 Å². The number of hydrogen-bond donors (Lipinski definition) is 2.